The first-order valence-electron chi connectivity index (χ1n) is 7.65. The van der Waals surface area contributed by atoms with Gasteiger partial charge in [-0.15, -0.1) is 0 Å². The van der Waals surface area contributed by atoms with Gasteiger partial charge in [0.05, 0.1) is 21.8 Å². The highest BCUT2D eigenvalue weighted by molar-refractivity contribution is 7.80. The van der Waals surface area contributed by atoms with E-state index in [4.69, 9.17) is 23.8 Å². The first-order chi connectivity index (χ1) is 11.9. The molecule has 0 bridgehead atoms. The number of nitrogens with one attached hydrogen (secondary N) is 3. The average Bonchev–Trinajstić information content (AvgIpc) is 2.54. The van der Waals surface area contributed by atoms with Crippen LogP contribution < -0.4 is 16.0 Å². The molecule has 0 aliphatic rings. The van der Waals surface area contributed by atoms with Gasteiger partial charge in [0, 0.05) is 6.04 Å². The molecule has 130 valence electrons. The van der Waals surface area contributed by atoms with Crippen LogP contribution in [0.15, 0.2) is 48.5 Å². The maximum Gasteiger partial charge on any atom is 0.258 e. The second-order valence-electron chi connectivity index (χ2n) is 5.56. The SMILES string of the molecule is CC(C)NC(=O)c1ccccc1NC(=S)NC(=O)c1ccccc1Cl. The number of benzene rings is 2. The van der Waals surface area contributed by atoms with Crippen LogP contribution in [0.5, 0.6) is 0 Å². The molecule has 2 amide bonds. The molecule has 0 aromatic heterocycles. The Morgan fingerprint density at radius 3 is 2.20 bits per heavy atom. The number of halogens is 1. The minimum Gasteiger partial charge on any atom is -0.350 e. The zero-order valence-electron chi connectivity index (χ0n) is 13.8. The van der Waals surface area contributed by atoms with Gasteiger partial charge in [-0.05, 0) is 50.3 Å². The quantitative estimate of drug-likeness (QED) is 0.714. The van der Waals surface area contributed by atoms with E-state index < -0.39 is 5.91 Å². The largest absolute Gasteiger partial charge is 0.350 e. The van der Waals surface area contributed by atoms with Gasteiger partial charge in [0.25, 0.3) is 11.8 Å². The highest BCUT2D eigenvalue weighted by Crippen LogP contribution is 2.16. The monoisotopic (exact) mass is 375 g/mol. The minimum absolute atomic E-state index is 0.00688. The molecule has 0 radical (unpaired) electrons. The summed E-state index contributed by atoms with van der Waals surface area (Å²) in [5.41, 5.74) is 1.26. The Morgan fingerprint density at radius 1 is 0.960 bits per heavy atom. The number of amides is 2. The summed E-state index contributed by atoms with van der Waals surface area (Å²) < 4.78 is 0. The number of para-hydroxylation sites is 1. The lowest BCUT2D eigenvalue weighted by atomic mass is 10.1. The molecule has 0 aliphatic carbocycles. The Hall–Kier alpha value is -2.44. The smallest absolute Gasteiger partial charge is 0.258 e. The first-order valence-corrected chi connectivity index (χ1v) is 8.44. The van der Waals surface area contributed by atoms with Crippen molar-refractivity contribution in [2.24, 2.45) is 0 Å². The van der Waals surface area contributed by atoms with Crippen LogP contribution in [0.2, 0.25) is 5.02 Å². The fourth-order valence-electron chi connectivity index (χ4n) is 2.10. The van der Waals surface area contributed by atoms with E-state index in [0.717, 1.165) is 0 Å². The number of thiocarbonyl (C=S) groups is 1. The van der Waals surface area contributed by atoms with Crippen molar-refractivity contribution in [1.82, 2.24) is 10.6 Å². The van der Waals surface area contributed by atoms with E-state index in [2.05, 4.69) is 16.0 Å². The first kappa shape index (κ1) is 18.9. The molecule has 7 heteroatoms. The molecular formula is C18H18ClN3O2S. The molecular weight excluding hydrogens is 358 g/mol. The zero-order chi connectivity index (χ0) is 18.4. The number of anilines is 1. The predicted molar refractivity (Wildman–Crippen MR) is 104 cm³/mol. The topological polar surface area (TPSA) is 70.2 Å². The Morgan fingerprint density at radius 2 is 1.56 bits per heavy atom. The maximum absolute atomic E-state index is 12.2. The lowest BCUT2D eigenvalue weighted by molar-refractivity contribution is 0.0942. The Balaban J connectivity index is 2.10. The fraction of sp³-hybridized carbons (Fsp3) is 0.167. The zero-order valence-corrected chi connectivity index (χ0v) is 15.4. The van der Waals surface area contributed by atoms with Crippen molar-refractivity contribution in [1.29, 1.82) is 0 Å². The molecule has 0 saturated heterocycles. The molecule has 0 saturated carbocycles. The van der Waals surface area contributed by atoms with Crippen LogP contribution in [0.4, 0.5) is 5.69 Å². The van der Waals surface area contributed by atoms with Crippen LogP contribution in [0.1, 0.15) is 34.6 Å². The van der Waals surface area contributed by atoms with E-state index in [1.54, 1.807) is 48.5 Å². The van der Waals surface area contributed by atoms with Gasteiger partial charge in [-0.3, -0.25) is 14.9 Å². The van der Waals surface area contributed by atoms with Crippen molar-refractivity contribution >= 4 is 46.4 Å². The second kappa shape index (κ2) is 8.60. The van der Waals surface area contributed by atoms with Gasteiger partial charge in [0.15, 0.2) is 5.11 Å². The molecule has 0 fully saturated rings. The molecule has 0 atom stereocenters. The fourth-order valence-corrected chi connectivity index (χ4v) is 2.52. The normalized spacial score (nSPS) is 10.2. The van der Waals surface area contributed by atoms with Gasteiger partial charge < -0.3 is 10.6 Å². The van der Waals surface area contributed by atoms with E-state index >= 15 is 0 Å². The number of hydrogen-bond donors (Lipinski definition) is 3. The molecule has 2 rings (SSSR count). The van der Waals surface area contributed by atoms with Crippen LogP contribution in [0, 0.1) is 0 Å². The van der Waals surface area contributed by atoms with Crippen LogP contribution in [-0.2, 0) is 0 Å². The predicted octanol–water partition coefficient (Wildman–Crippen LogP) is 3.61. The number of carbonyl (C=O) groups is 2. The van der Waals surface area contributed by atoms with Gasteiger partial charge in [-0.2, -0.15) is 0 Å². The van der Waals surface area contributed by atoms with E-state index in [9.17, 15) is 9.59 Å². The summed E-state index contributed by atoms with van der Waals surface area (Å²) in [5, 5.41) is 8.67. The Kier molecular flexibility index (Phi) is 6.50. The summed E-state index contributed by atoms with van der Waals surface area (Å²) in [4.78, 5) is 24.5. The third kappa shape index (κ3) is 5.27. The number of rotatable bonds is 4. The molecule has 0 aliphatic heterocycles. The van der Waals surface area contributed by atoms with Crippen LogP contribution in [0.25, 0.3) is 0 Å². The van der Waals surface area contributed by atoms with Crippen molar-refractivity contribution in [3.8, 4) is 0 Å². The highest BCUT2D eigenvalue weighted by Gasteiger charge is 2.15. The second-order valence-corrected chi connectivity index (χ2v) is 6.38. The van der Waals surface area contributed by atoms with Crippen molar-refractivity contribution in [3.05, 3.63) is 64.7 Å². The van der Waals surface area contributed by atoms with Gasteiger partial charge in [-0.25, -0.2) is 0 Å². The van der Waals surface area contributed by atoms with Crippen molar-refractivity contribution in [3.63, 3.8) is 0 Å². The van der Waals surface area contributed by atoms with E-state index in [-0.39, 0.29) is 17.1 Å². The van der Waals surface area contributed by atoms with Crippen LogP contribution >= 0.6 is 23.8 Å². The molecule has 0 unspecified atom stereocenters. The van der Waals surface area contributed by atoms with Gasteiger partial charge in [0.1, 0.15) is 0 Å². The van der Waals surface area contributed by atoms with Gasteiger partial charge in [0.2, 0.25) is 0 Å². The highest BCUT2D eigenvalue weighted by atomic mass is 35.5. The molecule has 5 nitrogen and oxygen atoms in total. The summed E-state index contributed by atoms with van der Waals surface area (Å²) in [6, 6.07) is 13.6. The molecule has 0 spiro atoms. The maximum atomic E-state index is 12.2. The minimum atomic E-state index is -0.424. The summed E-state index contributed by atoms with van der Waals surface area (Å²) in [6.45, 7) is 3.75. The van der Waals surface area contributed by atoms with Crippen molar-refractivity contribution in [2.75, 3.05) is 5.32 Å². The number of hydrogen-bond acceptors (Lipinski definition) is 3. The molecule has 2 aromatic rings. The lowest BCUT2D eigenvalue weighted by Crippen LogP contribution is -2.35. The third-order valence-electron chi connectivity index (χ3n) is 3.19. The molecule has 25 heavy (non-hydrogen) atoms. The van der Waals surface area contributed by atoms with Crippen molar-refractivity contribution in [2.45, 2.75) is 19.9 Å². The van der Waals surface area contributed by atoms with Crippen molar-refractivity contribution < 1.29 is 9.59 Å². The summed E-state index contributed by atoms with van der Waals surface area (Å²) in [7, 11) is 0. The van der Waals surface area contributed by atoms with Crippen LogP contribution in [-0.4, -0.2) is 23.0 Å². The molecule has 2 aromatic carbocycles. The van der Waals surface area contributed by atoms with Gasteiger partial charge >= 0.3 is 0 Å². The van der Waals surface area contributed by atoms with E-state index in [0.29, 0.717) is 21.8 Å². The Labute approximate surface area is 156 Å². The standard InChI is InChI=1S/C18H18ClN3O2S/c1-11(2)20-17(24)13-8-4-6-10-15(13)21-18(25)22-16(23)12-7-3-5-9-14(12)19/h3-11H,1-2H3,(H,20,24)(H2,21,22,23,25). The van der Waals surface area contributed by atoms with E-state index in [1.807, 2.05) is 13.8 Å². The lowest BCUT2D eigenvalue weighted by Gasteiger charge is -2.15. The summed E-state index contributed by atoms with van der Waals surface area (Å²) in [6.07, 6.45) is 0. The van der Waals surface area contributed by atoms with Crippen LogP contribution in [0.3, 0.4) is 0 Å². The number of carbonyl (C=O) groups excluding carboxylic acids is 2. The molecule has 3 N–H and O–H groups in total. The third-order valence-corrected chi connectivity index (χ3v) is 3.72. The summed E-state index contributed by atoms with van der Waals surface area (Å²) >= 11 is 11.2. The molecule has 0 heterocycles. The van der Waals surface area contributed by atoms with E-state index in [1.165, 1.54) is 0 Å². The summed E-state index contributed by atoms with van der Waals surface area (Å²) in [5.74, 6) is -0.648. The average molecular weight is 376 g/mol. The van der Waals surface area contributed by atoms with Gasteiger partial charge in [-0.1, -0.05) is 35.9 Å². The Bertz CT molecular complexity index is 808.